The van der Waals surface area contributed by atoms with Gasteiger partial charge in [-0.15, -0.1) is 0 Å². The summed E-state index contributed by atoms with van der Waals surface area (Å²) < 4.78 is 12.2. The van der Waals surface area contributed by atoms with E-state index >= 15 is 0 Å². The highest BCUT2D eigenvalue weighted by Crippen LogP contribution is 2.23. The number of aromatic nitrogens is 2. The van der Waals surface area contributed by atoms with Crippen molar-refractivity contribution in [1.29, 1.82) is 0 Å². The van der Waals surface area contributed by atoms with Gasteiger partial charge in [0.05, 0.1) is 30.1 Å². The molecule has 4 rings (SSSR count). The fraction of sp³-hybridized carbons (Fsp3) is 0.300. The number of non-ortho nitro benzene ring substituents is 1. The first-order valence-corrected chi connectivity index (χ1v) is 9.59. The standard InChI is InChI=1S/C20H21N5O5/c26-20(21-7-8-23-9-12-29-13-10-23)18-14-17(19-2-1-11-30-19)22-24(18)15-3-5-16(6-4-15)25(27)28/h1-6,11,14H,7-10,12-13H2,(H,21,26). The minimum atomic E-state index is -0.472. The summed E-state index contributed by atoms with van der Waals surface area (Å²) in [6.07, 6.45) is 1.53. The van der Waals surface area contributed by atoms with Gasteiger partial charge in [-0.1, -0.05) is 0 Å². The number of amides is 1. The van der Waals surface area contributed by atoms with Crippen molar-refractivity contribution in [3.05, 3.63) is 64.5 Å². The molecular formula is C20H21N5O5. The zero-order valence-corrected chi connectivity index (χ0v) is 16.2. The number of furan rings is 1. The summed E-state index contributed by atoms with van der Waals surface area (Å²) in [5.41, 5.74) is 1.32. The molecule has 10 nitrogen and oxygen atoms in total. The molecule has 3 aromatic rings. The smallest absolute Gasteiger partial charge is 0.270 e. The molecule has 10 heteroatoms. The zero-order chi connectivity index (χ0) is 20.9. The lowest BCUT2D eigenvalue weighted by Gasteiger charge is -2.26. The van der Waals surface area contributed by atoms with Crippen molar-refractivity contribution in [2.24, 2.45) is 0 Å². The van der Waals surface area contributed by atoms with Crippen LogP contribution in [0.4, 0.5) is 5.69 Å². The Balaban J connectivity index is 1.55. The lowest BCUT2D eigenvalue weighted by Crippen LogP contribution is -2.41. The number of nitrogens with one attached hydrogen (secondary N) is 1. The van der Waals surface area contributed by atoms with Crippen molar-refractivity contribution >= 4 is 11.6 Å². The summed E-state index contributed by atoms with van der Waals surface area (Å²) in [6, 6.07) is 11.0. The van der Waals surface area contributed by atoms with E-state index in [1.54, 1.807) is 30.3 Å². The second-order valence-electron chi connectivity index (χ2n) is 6.79. The lowest BCUT2D eigenvalue weighted by molar-refractivity contribution is -0.384. The number of hydrogen-bond donors (Lipinski definition) is 1. The van der Waals surface area contributed by atoms with E-state index in [2.05, 4.69) is 15.3 Å². The number of nitrogens with zero attached hydrogens (tertiary/aromatic N) is 4. The van der Waals surface area contributed by atoms with Gasteiger partial charge in [-0.05, 0) is 24.3 Å². The van der Waals surface area contributed by atoms with Crippen LogP contribution in [-0.2, 0) is 4.74 Å². The Morgan fingerprint density at radius 3 is 2.63 bits per heavy atom. The van der Waals surface area contributed by atoms with Crippen LogP contribution in [0.5, 0.6) is 0 Å². The second kappa shape index (κ2) is 8.89. The van der Waals surface area contributed by atoms with E-state index in [1.807, 2.05) is 0 Å². The van der Waals surface area contributed by atoms with E-state index in [1.165, 1.54) is 23.1 Å². The number of hydrogen-bond acceptors (Lipinski definition) is 7. The van der Waals surface area contributed by atoms with Gasteiger partial charge >= 0.3 is 0 Å². The third kappa shape index (κ3) is 4.39. The summed E-state index contributed by atoms with van der Waals surface area (Å²) in [7, 11) is 0. The molecular weight excluding hydrogens is 390 g/mol. The summed E-state index contributed by atoms with van der Waals surface area (Å²) in [5.74, 6) is 0.241. The Morgan fingerprint density at radius 2 is 1.97 bits per heavy atom. The fourth-order valence-electron chi connectivity index (χ4n) is 3.24. The minimum Gasteiger partial charge on any atom is -0.463 e. The molecule has 0 unspecified atom stereocenters. The molecule has 1 N–H and O–H groups in total. The van der Waals surface area contributed by atoms with E-state index < -0.39 is 4.92 Å². The van der Waals surface area contributed by atoms with Gasteiger partial charge in [0.2, 0.25) is 0 Å². The van der Waals surface area contributed by atoms with Crippen LogP contribution >= 0.6 is 0 Å². The first-order valence-electron chi connectivity index (χ1n) is 9.59. The SMILES string of the molecule is O=C(NCCN1CCOCC1)c1cc(-c2ccco2)nn1-c1ccc([N+](=O)[O-])cc1. The Kier molecular flexibility index (Phi) is 5.87. The summed E-state index contributed by atoms with van der Waals surface area (Å²) in [6.45, 7) is 4.31. The van der Waals surface area contributed by atoms with Gasteiger partial charge < -0.3 is 14.5 Å². The van der Waals surface area contributed by atoms with Gasteiger partial charge in [-0.2, -0.15) is 5.10 Å². The van der Waals surface area contributed by atoms with Crippen molar-refractivity contribution in [3.8, 4) is 17.1 Å². The number of carbonyl (C=O) groups is 1. The van der Waals surface area contributed by atoms with Crippen molar-refractivity contribution in [2.75, 3.05) is 39.4 Å². The maximum Gasteiger partial charge on any atom is 0.270 e. The van der Waals surface area contributed by atoms with Gasteiger partial charge in [-0.25, -0.2) is 4.68 Å². The molecule has 0 bridgehead atoms. The molecule has 3 heterocycles. The lowest BCUT2D eigenvalue weighted by atomic mass is 10.2. The van der Waals surface area contributed by atoms with Crippen LogP contribution in [0.15, 0.2) is 53.1 Å². The van der Waals surface area contributed by atoms with Crippen LogP contribution in [0.25, 0.3) is 17.1 Å². The van der Waals surface area contributed by atoms with E-state index in [4.69, 9.17) is 9.15 Å². The van der Waals surface area contributed by atoms with Crippen LogP contribution in [-0.4, -0.2) is 64.9 Å². The van der Waals surface area contributed by atoms with Crippen molar-refractivity contribution < 1.29 is 18.9 Å². The molecule has 0 spiro atoms. The second-order valence-corrected chi connectivity index (χ2v) is 6.79. The molecule has 1 fully saturated rings. The van der Waals surface area contributed by atoms with Gasteiger partial charge in [0.1, 0.15) is 11.4 Å². The molecule has 0 atom stereocenters. The molecule has 30 heavy (non-hydrogen) atoms. The average Bonchev–Trinajstić information content (AvgIpc) is 3.44. The molecule has 1 aromatic carbocycles. The van der Waals surface area contributed by atoms with Crippen LogP contribution in [0, 0.1) is 10.1 Å². The maximum absolute atomic E-state index is 12.9. The first-order chi connectivity index (χ1) is 14.6. The molecule has 1 saturated heterocycles. The predicted molar refractivity (Wildman–Crippen MR) is 108 cm³/mol. The third-order valence-corrected chi connectivity index (χ3v) is 4.84. The molecule has 0 aliphatic carbocycles. The topological polar surface area (TPSA) is 116 Å². The molecule has 156 valence electrons. The van der Waals surface area contributed by atoms with Gasteiger partial charge in [-0.3, -0.25) is 19.8 Å². The van der Waals surface area contributed by atoms with Gasteiger partial charge in [0.25, 0.3) is 11.6 Å². The Hall–Kier alpha value is -3.50. The Labute approximate surface area is 172 Å². The normalized spacial score (nSPS) is 14.5. The monoisotopic (exact) mass is 411 g/mol. The number of ether oxygens (including phenoxy) is 1. The number of nitro benzene ring substituents is 1. The average molecular weight is 411 g/mol. The van der Waals surface area contributed by atoms with Crippen molar-refractivity contribution in [1.82, 2.24) is 20.0 Å². The van der Waals surface area contributed by atoms with Crippen LogP contribution in [0.2, 0.25) is 0 Å². The fourth-order valence-corrected chi connectivity index (χ4v) is 3.24. The van der Waals surface area contributed by atoms with Crippen LogP contribution < -0.4 is 5.32 Å². The summed E-state index contributed by atoms with van der Waals surface area (Å²) in [4.78, 5) is 25.6. The predicted octanol–water partition coefficient (Wildman–Crippen LogP) is 2.10. The van der Waals surface area contributed by atoms with Crippen molar-refractivity contribution in [3.63, 3.8) is 0 Å². The zero-order valence-electron chi connectivity index (χ0n) is 16.2. The number of carbonyl (C=O) groups excluding carboxylic acids is 1. The molecule has 1 aliphatic rings. The van der Waals surface area contributed by atoms with Crippen LogP contribution in [0.3, 0.4) is 0 Å². The van der Waals surface area contributed by atoms with E-state index in [-0.39, 0.29) is 11.6 Å². The summed E-state index contributed by atoms with van der Waals surface area (Å²) in [5, 5.41) is 18.3. The maximum atomic E-state index is 12.9. The highest BCUT2D eigenvalue weighted by Gasteiger charge is 2.20. The van der Waals surface area contributed by atoms with E-state index in [0.717, 1.165) is 19.6 Å². The highest BCUT2D eigenvalue weighted by molar-refractivity contribution is 5.94. The quantitative estimate of drug-likeness (QED) is 0.467. The highest BCUT2D eigenvalue weighted by atomic mass is 16.6. The first kappa shape index (κ1) is 19.8. The molecule has 2 aromatic heterocycles. The number of benzene rings is 1. The molecule has 1 amide bonds. The summed E-state index contributed by atoms with van der Waals surface area (Å²) >= 11 is 0. The Bertz CT molecular complexity index is 1010. The molecule has 0 radical (unpaired) electrons. The Morgan fingerprint density at radius 1 is 1.20 bits per heavy atom. The number of nitro groups is 1. The number of rotatable bonds is 7. The van der Waals surface area contributed by atoms with Gasteiger partial charge in [0.15, 0.2) is 5.76 Å². The largest absolute Gasteiger partial charge is 0.463 e. The third-order valence-electron chi connectivity index (χ3n) is 4.84. The van der Waals surface area contributed by atoms with Crippen molar-refractivity contribution in [2.45, 2.75) is 0 Å². The van der Waals surface area contributed by atoms with E-state index in [0.29, 0.717) is 42.6 Å². The minimum absolute atomic E-state index is 0.0336. The molecule has 1 aliphatic heterocycles. The number of morpholine rings is 1. The molecule has 0 saturated carbocycles. The van der Waals surface area contributed by atoms with Gasteiger partial charge in [0, 0.05) is 44.4 Å². The van der Waals surface area contributed by atoms with E-state index in [9.17, 15) is 14.9 Å². The van der Waals surface area contributed by atoms with Crippen LogP contribution in [0.1, 0.15) is 10.5 Å².